The first kappa shape index (κ1) is 14.9. The second-order valence-electron chi connectivity index (χ2n) is 3.02. The van der Waals surface area contributed by atoms with Gasteiger partial charge in [-0.2, -0.15) is 0 Å². The molecule has 2 aromatic rings. The van der Waals surface area contributed by atoms with Gasteiger partial charge in [-0.1, -0.05) is 36.4 Å². The third-order valence-electron chi connectivity index (χ3n) is 2.06. The summed E-state index contributed by atoms with van der Waals surface area (Å²) in [6.07, 6.45) is 0. The molecule has 0 bridgehead atoms. The molecule has 0 saturated carbocycles. The highest BCUT2D eigenvalue weighted by Crippen LogP contribution is 2.21. The van der Waals surface area contributed by atoms with Gasteiger partial charge in [-0.25, -0.2) is 13.6 Å². The van der Waals surface area contributed by atoms with E-state index in [4.69, 9.17) is 5.14 Å². The summed E-state index contributed by atoms with van der Waals surface area (Å²) in [6.45, 7) is 0. The summed E-state index contributed by atoms with van der Waals surface area (Å²) < 4.78 is 22.4. The van der Waals surface area contributed by atoms with Crippen LogP contribution in [0, 0.1) is 0 Å². The predicted octanol–water partition coefficient (Wildman–Crippen LogP) is 1.08. The maximum absolute atomic E-state index is 11.2. The zero-order chi connectivity index (χ0) is 10.2. The van der Waals surface area contributed by atoms with Crippen LogP contribution in [0.15, 0.2) is 47.4 Å². The summed E-state index contributed by atoms with van der Waals surface area (Å²) in [7, 11) is -3.63. The van der Waals surface area contributed by atoms with Crippen molar-refractivity contribution in [1.82, 2.24) is 0 Å². The van der Waals surface area contributed by atoms with E-state index in [1.165, 1.54) is 6.07 Å². The summed E-state index contributed by atoms with van der Waals surface area (Å²) in [5, 5.41) is 6.63. The number of primary sulfonamides is 1. The lowest BCUT2D eigenvalue weighted by Gasteiger charge is -2.02. The average molecular weight is 262 g/mol. The number of fused-ring (bicyclic) bond motifs is 1. The van der Waals surface area contributed by atoms with Gasteiger partial charge in [0, 0.05) is 5.39 Å². The lowest BCUT2D eigenvalue weighted by Crippen LogP contribution is -2.12. The van der Waals surface area contributed by atoms with Crippen molar-refractivity contribution in [2.24, 2.45) is 5.14 Å². The predicted molar refractivity (Wildman–Crippen MR) is 66.2 cm³/mol. The smallest absolute Gasteiger partial charge is 0.238 e. The molecule has 2 aromatic carbocycles. The van der Waals surface area contributed by atoms with Crippen LogP contribution in [-0.4, -0.2) is 13.9 Å². The Morgan fingerprint density at radius 1 is 0.938 bits per heavy atom. The van der Waals surface area contributed by atoms with Crippen LogP contribution in [0.3, 0.4) is 0 Å². The Labute approximate surface area is 99.8 Å². The molecule has 4 N–H and O–H groups in total. The number of nitrogens with two attached hydrogens (primary N) is 1. The van der Waals surface area contributed by atoms with Crippen LogP contribution in [-0.2, 0) is 10.0 Å². The van der Waals surface area contributed by atoms with Gasteiger partial charge in [0.2, 0.25) is 10.0 Å². The molecule has 0 spiro atoms. The van der Waals surface area contributed by atoms with Gasteiger partial charge in [0.1, 0.15) is 0 Å². The molecule has 0 unspecified atom stereocenters. The number of hydrogen-bond acceptors (Lipinski definition) is 2. The second-order valence-corrected chi connectivity index (χ2v) is 4.55. The Morgan fingerprint density at radius 3 is 2.12 bits per heavy atom. The van der Waals surface area contributed by atoms with E-state index in [1.54, 1.807) is 18.2 Å². The normalized spacial score (nSPS) is 10.3. The molecule has 0 radical (unpaired) electrons. The van der Waals surface area contributed by atoms with Gasteiger partial charge in [0.15, 0.2) is 0 Å². The topological polar surface area (TPSA) is 91.7 Å². The summed E-state index contributed by atoms with van der Waals surface area (Å²) >= 11 is 0. The molecule has 2 rings (SSSR count). The number of sulfonamides is 1. The van der Waals surface area contributed by atoms with Crippen LogP contribution in [0.2, 0.25) is 0 Å². The Morgan fingerprint density at radius 2 is 1.50 bits per heavy atom. The van der Waals surface area contributed by atoms with Crippen LogP contribution in [0.1, 0.15) is 0 Å². The van der Waals surface area contributed by atoms with Crippen molar-refractivity contribution in [2.45, 2.75) is 4.90 Å². The zero-order valence-electron chi connectivity index (χ0n) is 8.25. The van der Waals surface area contributed by atoms with E-state index in [1.807, 2.05) is 18.2 Å². The quantitative estimate of drug-likeness (QED) is 0.832. The third-order valence-corrected chi connectivity index (χ3v) is 3.03. The highest BCUT2D eigenvalue weighted by molar-refractivity contribution is 7.89. The highest BCUT2D eigenvalue weighted by Gasteiger charge is 2.10. The highest BCUT2D eigenvalue weighted by atomic mass is 35.5. The SMILES string of the molecule is Cl.NS(=O)(=O)c1cccc2ccccc12.O. The molecule has 0 fully saturated rings. The third kappa shape index (κ3) is 2.70. The molecule has 0 aliphatic heterocycles. The van der Waals surface area contributed by atoms with Crippen molar-refractivity contribution >= 4 is 33.2 Å². The van der Waals surface area contributed by atoms with Gasteiger partial charge >= 0.3 is 0 Å². The molecule has 0 amide bonds. The molecule has 6 heteroatoms. The van der Waals surface area contributed by atoms with E-state index in [9.17, 15) is 8.42 Å². The molecule has 16 heavy (non-hydrogen) atoms. The first-order valence-corrected chi connectivity index (χ1v) is 5.64. The molecule has 0 aromatic heterocycles. The monoisotopic (exact) mass is 261 g/mol. The minimum Gasteiger partial charge on any atom is -0.412 e. The average Bonchev–Trinajstić information content (AvgIpc) is 2.15. The second kappa shape index (κ2) is 5.27. The molecular weight excluding hydrogens is 250 g/mol. The van der Waals surface area contributed by atoms with E-state index >= 15 is 0 Å². The number of rotatable bonds is 1. The Kier molecular flexibility index (Phi) is 4.89. The minimum atomic E-state index is -3.63. The minimum absolute atomic E-state index is 0. The molecule has 4 nitrogen and oxygen atoms in total. The van der Waals surface area contributed by atoms with E-state index in [2.05, 4.69) is 0 Å². The van der Waals surface area contributed by atoms with Gasteiger partial charge in [0.05, 0.1) is 4.90 Å². The van der Waals surface area contributed by atoms with E-state index < -0.39 is 10.0 Å². The summed E-state index contributed by atoms with van der Waals surface area (Å²) in [4.78, 5) is 0.176. The lowest BCUT2D eigenvalue weighted by molar-refractivity contribution is 0.598. The standard InChI is InChI=1S/C10H9NO2S.ClH.H2O/c11-14(12,13)10-7-3-5-8-4-1-2-6-9(8)10;;/h1-7H,(H2,11,12,13);1H;1H2. The van der Waals surface area contributed by atoms with Crippen molar-refractivity contribution < 1.29 is 13.9 Å². The van der Waals surface area contributed by atoms with Gasteiger partial charge in [-0.05, 0) is 11.5 Å². The fourth-order valence-corrected chi connectivity index (χ4v) is 2.20. The first-order valence-electron chi connectivity index (χ1n) is 4.09. The maximum atomic E-state index is 11.2. The van der Waals surface area contributed by atoms with Crippen LogP contribution in [0.4, 0.5) is 0 Å². The van der Waals surface area contributed by atoms with E-state index in [0.29, 0.717) is 5.39 Å². The number of halogens is 1. The van der Waals surface area contributed by atoms with Gasteiger partial charge in [-0.15, -0.1) is 12.4 Å². The van der Waals surface area contributed by atoms with Gasteiger partial charge in [-0.3, -0.25) is 0 Å². The van der Waals surface area contributed by atoms with Crippen molar-refractivity contribution in [1.29, 1.82) is 0 Å². The Hall–Kier alpha value is -1.14. The van der Waals surface area contributed by atoms with Crippen molar-refractivity contribution in [2.75, 3.05) is 0 Å². The molecule has 0 heterocycles. The summed E-state index contributed by atoms with van der Waals surface area (Å²) in [5.41, 5.74) is 0. The lowest BCUT2D eigenvalue weighted by atomic mass is 10.1. The molecule has 88 valence electrons. The van der Waals surface area contributed by atoms with Crippen LogP contribution in [0.25, 0.3) is 10.8 Å². The number of benzene rings is 2. The van der Waals surface area contributed by atoms with Gasteiger partial charge < -0.3 is 5.48 Å². The van der Waals surface area contributed by atoms with Crippen LogP contribution in [0.5, 0.6) is 0 Å². The summed E-state index contributed by atoms with van der Waals surface area (Å²) in [6, 6.07) is 12.3. The maximum Gasteiger partial charge on any atom is 0.238 e. The Bertz CT molecular complexity index is 578. The summed E-state index contributed by atoms with van der Waals surface area (Å²) in [5.74, 6) is 0. The fraction of sp³-hybridized carbons (Fsp3) is 0. The Balaban J connectivity index is 0.00000112. The van der Waals surface area contributed by atoms with E-state index in [-0.39, 0.29) is 22.8 Å². The molecular formula is C10H12ClNO3S. The molecule has 0 aliphatic rings. The van der Waals surface area contributed by atoms with Crippen molar-refractivity contribution in [3.05, 3.63) is 42.5 Å². The molecule has 0 atom stereocenters. The molecule has 0 saturated heterocycles. The largest absolute Gasteiger partial charge is 0.412 e. The zero-order valence-corrected chi connectivity index (χ0v) is 9.88. The van der Waals surface area contributed by atoms with Crippen molar-refractivity contribution in [3.63, 3.8) is 0 Å². The fourth-order valence-electron chi connectivity index (χ4n) is 1.44. The first-order chi connectivity index (χ1) is 6.59. The van der Waals surface area contributed by atoms with Gasteiger partial charge in [0.25, 0.3) is 0 Å². The molecule has 0 aliphatic carbocycles. The van der Waals surface area contributed by atoms with Crippen LogP contribution < -0.4 is 5.14 Å². The van der Waals surface area contributed by atoms with Crippen LogP contribution >= 0.6 is 12.4 Å². The number of hydrogen-bond donors (Lipinski definition) is 1. The van der Waals surface area contributed by atoms with E-state index in [0.717, 1.165) is 5.39 Å². The van der Waals surface area contributed by atoms with Crippen molar-refractivity contribution in [3.8, 4) is 0 Å².